The highest BCUT2D eigenvalue weighted by molar-refractivity contribution is 7.80. The predicted octanol–water partition coefficient (Wildman–Crippen LogP) is 3.06. The molecule has 0 spiro atoms. The largest absolute Gasteiger partial charge is 0.368 e. The lowest BCUT2D eigenvalue weighted by Crippen LogP contribution is -2.52. The van der Waals surface area contributed by atoms with E-state index in [2.05, 4.69) is 74.8 Å². The number of hydrogen-bond acceptors (Lipinski definition) is 4. The van der Waals surface area contributed by atoms with Crippen molar-refractivity contribution >= 4 is 23.0 Å². The minimum atomic E-state index is 0.848. The third kappa shape index (κ3) is 5.69. The molecule has 0 bridgehead atoms. The lowest BCUT2D eigenvalue weighted by Gasteiger charge is -2.37. The van der Waals surface area contributed by atoms with Crippen molar-refractivity contribution in [1.29, 1.82) is 0 Å². The van der Waals surface area contributed by atoms with E-state index in [-0.39, 0.29) is 0 Å². The maximum Gasteiger partial charge on any atom is 0.169 e. The molecule has 0 amide bonds. The number of benzene rings is 2. The summed E-state index contributed by atoms with van der Waals surface area (Å²) in [4.78, 5) is 10.4. The van der Waals surface area contributed by atoms with Crippen LogP contribution in [-0.4, -0.2) is 61.0 Å². The predicted molar refractivity (Wildman–Crippen MR) is 122 cm³/mol. The summed E-state index contributed by atoms with van der Waals surface area (Å²) in [5.74, 6) is 0. The van der Waals surface area contributed by atoms with Crippen LogP contribution in [0.25, 0.3) is 0 Å². The summed E-state index contributed by atoms with van der Waals surface area (Å²) < 4.78 is 0. The molecule has 29 heavy (non-hydrogen) atoms. The van der Waals surface area contributed by atoms with E-state index in [1.807, 2.05) is 0 Å². The van der Waals surface area contributed by atoms with Crippen molar-refractivity contribution < 1.29 is 4.84 Å². The third-order valence-corrected chi connectivity index (χ3v) is 5.96. The molecule has 0 radical (unpaired) electrons. The summed E-state index contributed by atoms with van der Waals surface area (Å²) in [5.41, 5.74) is 3.95. The molecule has 1 N–H and O–H groups in total. The molecule has 0 atom stereocenters. The van der Waals surface area contributed by atoms with Gasteiger partial charge in [-0.1, -0.05) is 42.5 Å². The molecule has 2 fully saturated rings. The Morgan fingerprint density at radius 3 is 2.48 bits per heavy atom. The van der Waals surface area contributed by atoms with Gasteiger partial charge in [0.2, 0.25) is 0 Å². The number of anilines is 1. The molecular formula is C23H30N4OS. The Labute approximate surface area is 179 Å². The summed E-state index contributed by atoms with van der Waals surface area (Å²) in [6.07, 6.45) is 2.12. The van der Waals surface area contributed by atoms with Crippen LogP contribution in [0.2, 0.25) is 0 Å². The van der Waals surface area contributed by atoms with Crippen molar-refractivity contribution in [3.63, 3.8) is 0 Å². The van der Waals surface area contributed by atoms with Crippen molar-refractivity contribution in [2.75, 3.05) is 50.8 Å². The van der Waals surface area contributed by atoms with E-state index in [4.69, 9.17) is 17.1 Å². The molecule has 0 aromatic heterocycles. The summed E-state index contributed by atoms with van der Waals surface area (Å²) in [7, 11) is 0. The van der Waals surface area contributed by atoms with E-state index in [0.717, 1.165) is 70.4 Å². The molecule has 0 aliphatic carbocycles. The number of piperazine rings is 1. The van der Waals surface area contributed by atoms with Crippen LogP contribution in [0.15, 0.2) is 54.6 Å². The van der Waals surface area contributed by atoms with Crippen LogP contribution in [0.1, 0.15) is 17.5 Å². The van der Waals surface area contributed by atoms with Gasteiger partial charge in [0, 0.05) is 51.5 Å². The van der Waals surface area contributed by atoms with Crippen LogP contribution < -0.4 is 10.2 Å². The van der Waals surface area contributed by atoms with Gasteiger partial charge < -0.3 is 15.1 Å². The Kier molecular flexibility index (Phi) is 6.98. The number of hydroxylamine groups is 2. The van der Waals surface area contributed by atoms with Crippen molar-refractivity contribution in [2.45, 2.75) is 19.4 Å². The maximum atomic E-state index is 5.63. The second-order valence-corrected chi connectivity index (χ2v) is 8.05. The minimum absolute atomic E-state index is 0.848. The second kappa shape index (κ2) is 10.1. The first-order chi connectivity index (χ1) is 14.3. The molecule has 2 aromatic carbocycles. The lowest BCUT2D eigenvalue weighted by atomic mass is 10.1. The fraction of sp³-hybridized carbons (Fsp3) is 0.435. The molecule has 2 aliphatic rings. The first kappa shape index (κ1) is 20.1. The molecule has 0 saturated carbocycles. The van der Waals surface area contributed by atoms with Gasteiger partial charge in [0.05, 0.1) is 6.61 Å². The van der Waals surface area contributed by atoms with Crippen LogP contribution in [0.3, 0.4) is 0 Å². The van der Waals surface area contributed by atoms with Gasteiger partial charge in [-0.25, -0.2) is 0 Å². The highest BCUT2D eigenvalue weighted by atomic mass is 32.1. The van der Waals surface area contributed by atoms with Gasteiger partial charge in [-0.2, -0.15) is 5.06 Å². The van der Waals surface area contributed by atoms with E-state index in [1.54, 1.807) is 0 Å². The van der Waals surface area contributed by atoms with Crippen molar-refractivity contribution in [3.8, 4) is 0 Å². The highest BCUT2D eigenvalue weighted by Gasteiger charge is 2.20. The zero-order valence-electron chi connectivity index (χ0n) is 16.9. The molecule has 2 heterocycles. The van der Waals surface area contributed by atoms with E-state index >= 15 is 0 Å². The molecule has 0 unspecified atom stereocenters. The Bertz CT molecular complexity index is 786. The normalized spacial score (nSPS) is 17.5. The Balaban J connectivity index is 1.23. The zero-order valence-corrected chi connectivity index (χ0v) is 17.7. The van der Waals surface area contributed by atoms with E-state index in [9.17, 15) is 0 Å². The fourth-order valence-corrected chi connectivity index (χ4v) is 4.20. The van der Waals surface area contributed by atoms with Gasteiger partial charge >= 0.3 is 0 Å². The average Bonchev–Trinajstić information content (AvgIpc) is 3.28. The molecule has 6 heteroatoms. The van der Waals surface area contributed by atoms with Crippen LogP contribution in [0, 0.1) is 0 Å². The Morgan fingerprint density at radius 2 is 1.72 bits per heavy atom. The van der Waals surface area contributed by atoms with Gasteiger partial charge in [-0.3, -0.25) is 4.84 Å². The quantitative estimate of drug-likeness (QED) is 0.737. The number of thiocarbonyl (C=S) groups is 1. The van der Waals surface area contributed by atoms with Crippen LogP contribution >= 0.6 is 12.2 Å². The van der Waals surface area contributed by atoms with Gasteiger partial charge in [0.25, 0.3) is 0 Å². The third-order valence-electron chi connectivity index (χ3n) is 5.56. The smallest absolute Gasteiger partial charge is 0.169 e. The van der Waals surface area contributed by atoms with Gasteiger partial charge in [0.15, 0.2) is 5.11 Å². The summed E-state index contributed by atoms with van der Waals surface area (Å²) >= 11 is 5.62. The standard InChI is InChI=1S/C23H30N4OS/c29-23(24-11-10-20-6-2-1-3-7-20)26-15-13-25(14-16-26)22-9-4-8-21(18-22)19-27-12-5-17-28-27/h1-4,6-9,18H,5,10-17,19H2,(H,24,29). The SMILES string of the molecule is S=C(NCCc1ccccc1)N1CCN(c2cccc(CN3CCCO3)c2)CC1. The Hall–Kier alpha value is -2.15. The first-order valence-electron chi connectivity index (χ1n) is 10.6. The van der Waals surface area contributed by atoms with Crippen LogP contribution in [0.5, 0.6) is 0 Å². The molecule has 2 aromatic rings. The number of rotatable bonds is 6. The Morgan fingerprint density at radius 1 is 0.931 bits per heavy atom. The maximum absolute atomic E-state index is 5.63. The average molecular weight is 411 g/mol. The van der Waals surface area contributed by atoms with Gasteiger partial charge in [-0.15, -0.1) is 0 Å². The number of nitrogens with zero attached hydrogens (tertiary/aromatic N) is 3. The van der Waals surface area contributed by atoms with Crippen LogP contribution in [-0.2, 0) is 17.8 Å². The molecular weight excluding hydrogens is 380 g/mol. The highest BCUT2D eigenvalue weighted by Crippen LogP contribution is 2.20. The molecule has 5 nitrogen and oxygen atoms in total. The summed E-state index contributed by atoms with van der Waals surface area (Å²) in [5, 5.41) is 6.37. The molecule has 4 rings (SSSR count). The molecule has 2 saturated heterocycles. The molecule has 2 aliphatic heterocycles. The summed E-state index contributed by atoms with van der Waals surface area (Å²) in [6, 6.07) is 19.4. The van der Waals surface area contributed by atoms with E-state index in [1.165, 1.54) is 16.8 Å². The van der Waals surface area contributed by atoms with Crippen LogP contribution in [0.4, 0.5) is 5.69 Å². The van der Waals surface area contributed by atoms with Gasteiger partial charge in [-0.05, 0) is 48.3 Å². The second-order valence-electron chi connectivity index (χ2n) is 7.66. The van der Waals surface area contributed by atoms with E-state index in [0.29, 0.717) is 0 Å². The lowest BCUT2D eigenvalue weighted by molar-refractivity contribution is -0.117. The van der Waals surface area contributed by atoms with Crippen molar-refractivity contribution in [1.82, 2.24) is 15.3 Å². The first-order valence-corrected chi connectivity index (χ1v) is 11.0. The zero-order chi connectivity index (χ0) is 19.9. The molecule has 154 valence electrons. The fourth-order valence-electron chi connectivity index (χ4n) is 3.92. The summed E-state index contributed by atoms with van der Waals surface area (Å²) in [6.45, 7) is 7.51. The number of hydrogen-bond donors (Lipinski definition) is 1. The van der Waals surface area contributed by atoms with Crippen molar-refractivity contribution in [2.24, 2.45) is 0 Å². The topological polar surface area (TPSA) is 31.0 Å². The van der Waals surface area contributed by atoms with Gasteiger partial charge in [0.1, 0.15) is 0 Å². The van der Waals surface area contributed by atoms with Crippen molar-refractivity contribution in [3.05, 3.63) is 65.7 Å². The monoisotopic (exact) mass is 410 g/mol. The minimum Gasteiger partial charge on any atom is -0.368 e. The van der Waals surface area contributed by atoms with E-state index < -0.39 is 0 Å². The number of nitrogens with one attached hydrogen (secondary N) is 1.